The van der Waals surface area contributed by atoms with Gasteiger partial charge in [0.05, 0.1) is 17.4 Å². The summed E-state index contributed by atoms with van der Waals surface area (Å²) in [6.07, 6.45) is -0.927. The molecule has 1 aliphatic heterocycles. The largest absolute Gasteiger partial charge is 0.755 e. The van der Waals surface area contributed by atoms with E-state index in [9.17, 15) is 26.3 Å². The molecule has 0 saturated heterocycles. The van der Waals surface area contributed by atoms with Crippen LogP contribution in [0.25, 0.3) is 11.1 Å². The summed E-state index contributed by atoms with van der Waals surface area (Å²) in [6.45, 7) is 0.281. The van der Waals surface area contributed by atoms with Gasteiger partial charge in [-0.15, -0.1) is 0 Å². The molecule has 1 atom stereocenters. The van der Waals surface area contributed by atoms with E-state index in [1.807, 2.05) is 0 Å². The first kappa shape index (κ1) is 16.8. The molecule has 1 unspecified atom stereocenters. The fourth-order valence-corrected chi connectivity index (χ4v) is 3.37. The highest BCUT2D eigenvalue weighted by Gasteiger charge is 2.31. The van der Waals surface area contributed by atoms with Crippen LogP contribution in [0.1, 0.15) is 17.5 Å². The quantitative estimate of drug-likeness (QED) is 0.610. The van der Waals surface area contributed by atoms with Crippen LogP contribution in [0.5, 0.6) is 0 Å². The summed E-state index contributed by atoms with van der Waals surface area (Å²) in [5, 5.41) is 0. The zero-order valence-corrected chi connectivity index (χ0v) is 13.0. The van der Waals surface area contributed by atoms with Crippen LogP contribution in [0.4, 0.5) is 23.2 Å². The fourth-order valence-electron chi connectivity index (χ4n) is 2.77. The first-order valence-corrected chi connectivity index (χ1v) is 8.03. The Hall–Kier alpha value is -2.00. The number of hydrogen-bond acceptors (Lipinski definition) is 3. The molecule has 4 nitrogen and oxygen atoms in total. The molecule has 0 aliphatic carbocycles. The number of halogens is 4. The number of hydrogen-bond donors (Lipinski definition) is 0. The topological polar surface area (TPSA) is 56.3 Å². The molecule has 0 spiro atoms. The van der Waals surface area contributed by atoms with Gasteiger partial charge in [0.15, 0.2) is 0 Å². The number of nitrogens with zero attached hydrogens (tertiary/aromatic N) is 2. The van der Waals surface area contributed by atoms with Crippen LogP contribution in [-0.4, -0.2) is 20.3 Å². The van der Waals surface area contributed by atoms with Crippen molar-refractivity contribution in [2.75, 3.05) is 10.8 Å². The Kier molecular flexibility index (Phi) is 4.31. The number of pyridine rings is 1. The van der Waals surface area contributed by atoms with Crippen molar-refractivity contribution >= 4 is 17.0 Å². The maximum atomic E-state index is 14.2. The van der Waals surface area contributed by atoms with E-state index >= 15 is 0 Å². The summed E-state index contributed by atoms with van der Waals surface area (Å²) < 4.78 is 75.9. The molecular weight excluding hydrogens is 348 g/mol. The molecule has 2 aromatic rings. The van der Waals surface area contributed by atoms with E-state index < -0.39 is 28.8 Å². The van der Waals surface area contributed by atoms with Gasteiger partial charge >= 0.3 is 6.18 Å². The van der Waals surface area contributed by atoms with Crippen molar-refractivity contribution in [3.8, 4) is 11.1 Å². The number of aromatic nitrogens is 1. The van der Waals surface area contributed by atoms with Crippen molar-refractivity contribution in [1.82, 2.24) is 4.98 Å². The van der Waals surface area contributed by atoms with Crippen LogP contribution in [0, 0.1) is 5.82 Å². The lowest BCUT2D eigenvalue weighted by Crippen LogP contribution is -2.31. The van der Waals surface area contributed by atoms with Gasteiger partial charge in [0.1, 0.15) is 5.82 Å². The summed E-state index contributed by atoms with van der Waals surface area (Å²) in [5.41, 5.74) is 0.0639. The van der Waals surface area contributed by atoms with Crippen LogP contribution in [-0.2, 0) is 23.9 Å². The van der Waals surface area contributed by atoms with Crippen molar-refractivity contribution in [3.63, 3.8) is 0 Å². The molecule has 2 heterocycles. The van der Waals surface area contributed by atoms with Gasteiger partial charge in [-0.1, -0.05) is 6.07 Å². The minimum atomic E-state index is -4.63. The molecule has 24 heavy (non-hydrogen) atoms. The molecule has 0 fully saturated rings. The van der Waals surface area contributed by atoms with Crippen molar-refractivity contribution in [1.29, 1.82) is 0 Å². The van der Waals surface area contributed by atoms with Gasteiger partial charge in [-0.05, 0) is 30.5 Å². The highest BCUT2D eigenvalue weighted by Crippen LogP contribution is 2.38. The smallest absolute Gasteiger partial charge is 0.416 e. The maximum absolute atomic E-state index is 14.2. The molecule has 0 N–H and O–H groups in total. The second kappa shape index (κ2) is 6.14. The Bertz CT molecular complexity index is 811. The second-order valence-corrected chi connectivity index (χ2v) is 6.17. The Morgan fingerprint density at radius 3 is 2.58 bits per heavy atom. The molecule has 9 heteroatoms. The number of fused-ring (bicyclic) bond motifs is 1. The number of rotatable bonds is 2. The lowest BCUT2D eigenvalue weighted by molar-refractivity contribution is -0.137. The highest BCUT2D eigenvalue weighted by atomic mass is 32.2. The molecule has 1 aromatic carbocycles. The SMILES string of the molecule is O=S([O-])N1CCCc2c(-c3ccc(C(F)(F)F)cc3F)cncc21. The van der Waals surface area contributed by atoms with Gasteiger partial charge < -0.3 is 8.86 Å². The highest BCUT2D eigenvalue weighted by molar-refractivity contribution is 7.80. The van der Waals surface area contributed by atoms with E-state index in [1.165, 1.54) is 12.4 Å². The van der Waals surface area contributed by atoms with E-state index in [2.05, 4.69) is 4.98 Å². The number of anilines is 1. The van der Waals surface area contributed by atoms with E-state index in [1.54, 1.807) is 0 Å². The van der Waals surface area contributed by atoms with Crippen LogP contribution in [0.15, 0.2) is 30.6 Å². The van der Waals surface area contributed by atoms with Gasteiger partial charge in [-0.3, -0.25) is 9.19 Å². The summed E-state index contributed by atoms with van der Waals surface area (Å²) in [5.74, 6) is -1.03. The minimum Gasteiger partial charge on any atom is -0.755 e. The standard InChI is InChI=1S/C15H12F4N2O2S/c16-13-6-9(15(17,18)19)3-4-10(13)12-7-20-8-14-11(12)2-1-5-21(14)24(22)23/h3-4,6-8H,1-2,5H2,(H,22,23)/p-1. The average molecular weight is 359 g/mol. The molecule has 1 aliphatic rings. The van der Waals surface area contributed by atoms with Gasteiger partial charge in [0.2, 0.25) is 0 Å². The zero-order chi connectivity index (χ0) is 17.5. The Balaban J connectivity index is 2.12. The number of alkyl halides is 3. The third-order valence-corrected chi connectivity index (χ3v) is 4.60. The van der Waals surface area contributed by atoms with Gasteiger partial charge in [-0.2, -0.15) is 13.2 Å². The normalized spacial score (nSPS) is 16.0. The predicted octanol–water partition coefficient (Wildman–Crippen LogP) is 3.45. The number of benzene rings is 1. The predicted molar refractivity (Wildman–Crippen MR) is 79.2 cm³/mol. The fraction of sp³-hybridized carbons (Fsp3) is 0.267. The molecule has 0 radical (unpaired) electrons. The average Bonchev–Trinajstić information content (AvgIpc) is 2.52. The monoisotopic (exact) mass is 359 g/mol. The lowest BCUT2D eigenvalue weighted by Gasteiger charge is -2.32. The van der Waals surface area contributed by atoms with Crippen molar-refractivity contribution in [2.24, 2.45) is 0 Å². The third-order valence-electron chi connectivity index (χ3n) is 3.86. The molecule has 128 valence electrons. The van der Waals surface area contributed by atoms with E-state index in [-0.39, 0.29) is 12.1 Å². The van der Waals surface area contributed by atoms with E-state index in [4.69, 9.17) is 0 Å². The molecule has 0 amide bonds. The second-order valence-electron chi connectivity index (χ2n) is 5.30. The molecule has 1 aromatic heterocycles. The van der Waals surface area contributed by atoms with Gasteiger partial charge in [0, 0.05) is 35.1 Å². The molecular formula is C15H11F4N2O2S-. The summed E-state index contributed by atoms with van der Waals surface area (Å²) >= 11 is -2.50. The van der Waals surface area contributed by atoms with Crippen molar-refractivity contribution < 1.29 is 26.3 Å². The third kappa shape index (κ3) is 3.01. The Morgan fingerprint density at radius 1 is 1.21 bits per heavy atom. The summed E-state index contributed by atoms with van der Waals surface area (Å²) in [4.78, 5) is 3.92. The molecule has 3 rings (SSSR count). The molecule has 0 saturated carbocycles. The maximum Gasteiger partial charge on any atom is 0.416 e. The molecule has 0 bridgehead atoms. The van der Waals surface area contributed by atoms with Crippen molar-refractivity contribution in [2.45, 2.75) is 19.0 Å². The van der Waals surface area contributed by atoms with Crippen LogP contribution in [0.2, 0.25) is 0 Å². The Morgan fingerprint density at radius 2 is 1.96 bits per heavy atom. The van der Waals surface area contributed by atoms with Gasteiger partial charge in [-0.25, -0.2) is 4.39 Å². The summed E-state index contributed by atoms with van der Waals surface area (Å²) in [6, 6.07) is 2.27. The van der Waals surface area contributed by atoms with Crippen molar-refractivity contribution in [3.05, 3.63) is 47.5 Å². The van der Waals surface area contributed by atoms with Gasteiger partial charge in [0.25, 0.3) is 0 Å². The van der Waals surface area contributed by atoms with Crippen LogP contribution < -0.4 is 4.31 Å². The van der Waals surface area contributed by atoms with E-state index in [0.717, 1.165) is 16.4 Å². The zero-order valence-electron chi connectivity index (χ0n) is 12.1. The van der Waals surface area contributed by atoms with E-state index in [0.29, 0.717) is 35.7 Å². The minimum absolute atomic E-state index is 0.0362. The summed E-state index contributed by atoms with van der Waals surface area (Å²) in [7, 11) is 0. The first-order chi connectivity index (χ1) is 11.3. The van der Waals surface area contributed by atoms with Crippen LogP contribution >= 0.6 is 0 Å². The lowest BCUT2D eigenvalue weighted by atomic mass is 9.94. The Labute approximate surface area is 137 Å². The first-order valence-electron chi connectivity index (χ1n) is 7.00. The van der Waals surface area contributed by atoms with Crippen LogP contribution in [0.3, 0.4) is 0 Å².